The number of nitrogens with zero attached hydrogens (tertiary/aromatic N) is 1. The van der Waals surface area contributed by atoms with Crippen LogP contribution in [0.15, 0.2) is 47.4 Å². The molecule has 2 rings (SSSR count). The summed E-state index contributed by atoms with van der Waals surface area (Å²) in [6.45, 7) is 10.7. The lowest BCUT2D eigenvalue weighted by Gasteiger charge is -2.19. The fraction of sp³-hybridized carbons (Fsp3) is 0.435. The average Bonchev–Trinajstić information content (AvgIpc) is 2.70. The highest BCUT2D eigenvalue weighted by molar-refractivity contribution is 7.89. The minimum absolute atomic E-state index is 0.118. The Kier molecular flexibility index (Phi) is 8.43. The Labute approximate surface area is 180 Å². The number of carbonyl (C=O) groups excluding carboxylic acids is 1. The summed E-state index contributed by atoms with van der Waals surface area (Å²) in [6.07, 6.45) is 0.242. The number of nitrogens with one attached hydrogen (secondary N) is 1. The van der Waals surface area contributed by atoms with E-state index in [4.69, 9.17) is 4.74 Å². The first-order valence-corrected chi connectivity index (χ1v) is 11.7. The Hall–Kier alpha value is -2.38. The predicted octanol–water partition coefficient (Wildman–Crippen LogP) is 3.98. The summed E-state index contributed by atoms with van der Waals surface area (Å²) in [4.78, 5) is 12.5. The van der Waals surface area contributed by atoms with Gasteiger partial charge in [0.25, 0.3) is 0 Å². The molecule has 0 saturated heterocycles. The summed E-state index contributed by atoms with van der Waals surface area (Å²) >= 11 is 0. The van der Waals surface area contributed by atoms with Crippen LogP contribution in [0.3, 0.4) is 0 Å². The number of sulfonamides is 1. The molecular formula is C23H32N2O4S. The zero-order valence-corrected chi connectivity index (χ0v) is 19.3. The predicted molar refractivity (Wildman–Crippen MR) is 119 cm³/mol. The molecule has 0 aliphatic carbocycles. The quantitative estimate of drug-likeness (QED) is 0.616. The molecule has 2 aromatic carbocycles. The first kappa shape index (κ1) is 23.9. The second-order valence-electron chi connectivity index (χ2n) is 7.31. The van der Waals surface area contributed by atoms with Gasteiger partial charge in [0.2, 0.25) is 15.9 Å². The van der Waals surface area contributed by atoms with Crippen molar-refractivity contribution in [1.82, 2.24) is 9.62 Å². The minimum atomic E-state index is -3.48. The Balaban J connectivity index is 1.90. The van der Waals surface area contributed by atoms with Crippen LogP contribution in [0.5, 0.6) is 5.75 Å². The maximum atomic E-state index is 12.6. The molecule has 0 aliphatic rings. The third-order valence-corrected chi connectivity index (χ3v) is 7.08. The first-order chi connectivity index (χ1) is 14.2. The number of hydrogen-bond donors (Lipinski definition) is 1. The van der Waals surface area contributed by atoms with Crippen molar-refractivity contribution in [3.63, 3.8) is 0 Å². The van der Waals surface area contributed by atoms with Crippen LogP contribution in [0.2, 0.25) is 0 Å². The lowest BCUT2D eigenvalue weighted by Crippen LogP contribution is -2.30. The van der Waals surface area contributed by atoms with Crippen molar-refractivity contribution in [2.75, 3.05) is 19.7 Å². The molecule has 6 nitrogen and oxygen atoms in total. The molecule has 1 atom stereocenters. The SMILES string of the molecule is CCN(CC)S(=O)(=O)c1ccc(C(C)NC(=O)CCOc2ccc(C)cc2C)cc1. The highest BCUT2D eigenvalue weighted by Crippen LogP contribution is 2.20. The minimum Gasteiger partial charge on any atom is -0.493 e. The van der Waals surface area contributed by atoms with Crippen LogP contribution in [-0.2, 0) is 14.8 Å². The molecule has 0 bridgehead atoms. The van der Waals surface area contributed by atoms with E-state index in [1.807, 2.05) is 52.8 Å². The molecule has 164 valence electrons. The normalized spacial score (nSPS) is 12.6. The third-order valence-electron chi connectivity index (χ3n) is 5.02. The van der Waals surface area contributed by atoms with E-state index in [-0.39, 0.29) is 23.3 Å². The van der Waals surface area contributed by atoms with Gasteiger partial charge < -0.3 is 10.1 Å². The van der Waals surface area contributed by atoms with Gasteiger partial charge in [0.15, 0.2) is 0 Å². The summed E-state index contributed by atoms with van der Waals surface area (Å²) in [5, 5.41) is 2.93. The molecule has 2 aromatic rings. The monoisotopic (exact) mass is 432 g/mol. The number of carbonyl (C=O) groups is 1. The third kappa shape index (κ3) is 6.06. The Morgan fingerprint density at radius 3 is 2.27 bits per heavy atom. The van der Waals surface area contributed by atoms with Gasteiger partial charge in [-0.15, -0.1) is 0 Å². The van der Waals surface area contributed by atoms with E-state index in [0.717, 1.165) is 16.9 Å². The van der Waals surface area contributed by atoms with Crippen molar-refractivity contribution in [3.05, 3.63) is 59.2 Å². The highest BCUT2D eigenvalue weighted by atomic mass is 32.2. The van der Waals surface area contributed by atoms with Crippen molar-refractivity contribution < 1.29 is 17.9 Å². The number of benzene rings is 2. The summed E-state index contributed by atoms with van der Waals surface area (Å²) in [7, 11) is -3.48. The van der Waals surface area contributed by atoms with Crippen molar-refractivity contribution in [3.8, 4) is 5.75 Å². The molecule has 0 saturated carbocycles. The highest BCUT2D eigenvalue weighted by Gasteiger charge is 2.21. The second-order valence-corrected chi connectivity index (χ2v) is 9.25. The molecule has 1 unspecified atom stereocenters. The van der Waals surface area contributed by atoms with Crippen LogP contribution in [-0.4, -0.2) is 38.3 Å². The van der Waals surface area contributed by atoms with Gasteiger partial charge in [-0.1, -0.05) is 43.7 Å². The number of ether oxygens (including phenoxy) is 1. The molecule has 0 radical (unpaired) electrons. The Bertz CT molecular complexity index is 952. The van der Waals surface area contributed by atoms with Crippen LogP contribution in [0.4, 0.5) is 0 Å². The van der Waals surface area contributed by atoms with Gasteiger partial charge in [0.1, 0.15) is 5.75 Å². The van der Waals surface area contributed by atoms with Gasteiger partial charge in [0, 0.05) is 13.1 Å². The van der Waals surface area contributed by atoms with E-state index < -0.39 is 10.0 Å². The fourth-order valence-electron chi connectivity index (χ4n) is 3.25. The molecule has 7 heteroatoms. The molecule has 0 aromatic heterocycles. The Morgan fingerprint density at radius 2 is 1.70 bits per heavy atom. The van der Waals surface area contributed by atoms with Gasteiger partial charge in [-0.3, -0.25) is 4.79 Å². The molecular weight excluding hydrogens is 400 g/mol. The zero-order chi connectivity index (χ0) is 22.3. The molecule has 0 spiro atoms. The molecule has 0 fully saturated rings. The number of rotatable bonds is 10. The number of hydrogen-bond acceptors (Lipinski definition) is 4. The smallest absolute Gasteiger partial charge is 0.243 e. The van der Waals surface area contributed by atoms with E-state index in [9.17, 15) is 13.2 Å². The summed E-state index contributed by atoms with van der Waals surface area (Å²) in [5.74, 6) is 0.665. The summed E-state index contributed by atoms with van der Waals surface area (Å²) in [6, 6.07) is 12.4. The maximum Gasteiger partial charge on any atom is 0.243 e. The van der Waals surface area contributed by atoms with Gasteiger partial charge >= 0.3 is 0 Å². The molecule has 0 aliphatic heterocycles. The maximum absolute atomic E-state index is 12.6. The standard InChI is InChI=1S/C23H32N2O4S/c1-6-25(7-2)30(27,28)21-11-9-20(10-12-21)19(5)24-23(26)14-15-29-22-13-8-17(3)16-18(22)4/h8-13,16,19H,6-7,14-15H2,1-5H3,(H,24,26). The molecule has 1 amide bonds. The second kappa shape index (κ2) is 10.6. The van der Waals surface area contributed by atoms with Crippen molar-refractivity contribution in [2.45, 2.75) is 52.0 Å². The lowest BCUT2D eigenvalue weighted by atomic mass is 10.1. The van der Waals surface area contributed by atoms with E-state index in [2.05, 4.69) is 5.32 Å². The van der Waals surface area contributed by atoms with Crippen LogP contribution < -0.4 is 10.1 Å². The van der Waals surface area contributed by atoms with Gasteiger partial charge in [0.05, 0.1) is 24.0 Å². The number of aryl methyl sites for hydroxylation is 2. The van der Waals surface area contributed by atoms with E-state index in [1.165, 1.54) is 9.87 Å². The fourth-order valence-corrected chi connectivity index (χ4v) is 4.71. The van der Waals surface area contributed by atoms with Crippen LogP contribution >= 0.6 is 0 Å². The van der Waals surface area contributed by atoms with Gasteiger partial charge in [-0.05, 0) is 50.1 Å². The van der Waals surface area contributed by atoms with Crippen molar-refractivity contribution in [2.24, 2.45) is 0 Å². The van der Waals surface area contributed by atoms with Crippen LogP contribution in [0.25, 0.3) is 0 Å². The van der Waals surface area contributed by atoms with Gasteiger partial charge in [-0.2, -0.15) is 4.31 Å². The van der Waals surface area contributed by atoms with Crippen LogP contribution in [0, 0.1) is 13.8 Å². The average molecular weight is 433 g/mol. The summed E-state index contributed by atoms with van der Waals surface area (Å²) < 4.78 is 32.3. The van der Waals surface area contributed by atoms with Crippen molar-refractivity contribution >= 4 is 15.9 Å². The van der Waals surface area contributed by atoms with Crippen LogP contribution in [0.1, 0.15) is 49.9 Å². The topological polar surface area (TPSA) is 75.7 Å². The lowest BCUT2D eigenvalue weighted by molar-refractivity contribution is -0.122. The Morgan fingerprint density at radius 1 is 1.07 bits per heavy atom. The largest absolute Gasteiger partial charge is 0.493 e. The number of amides is 1. The van der Waals surface area contributed by atoms with E-state index in [1.54, 1.807) is 24.3 Å². The molecule has 30 heavy (non-hydrogen) atoms. The summed E-state index contributed by atoms with van der Waals surface area (Å²) in [5.41, 5.74) is 3.06. The zero-order valence-electron chi connectivity index (χ0n) is 18.4. The van der Waals surface area contributed by atoms with Gasteiger partial charge in [-0.25, -0.2) is 8.42 Å². The first-order valence-electron chi connectivity index (χ1n) is 10.3. The van der Waals surface area contributed by atoms with E-state index >= 15 is 0 Å². The van der Waals surface area contributed by atoms with E-state index in [0.29, 0.717) is 19.7 Å². The molecule has 1 N–H and O–H groups in total. The van der Waals surface area contributed by atoms with Crippen molar-refractivity contribution in [1.29, 1.82) is 0 Å². The molecule has 0 heterocycles.